The number of anilines is 1. The van der Waals surface area contributed by atoms with Gasteiger partial charge < -0.3 is 15.8 Å². The fourth-order valence-corrected chi connectivity index (χ4v) is 3.22. The summed E-state index contributed by atoms with van der Waals surface area (Å²) < 4.78 is 21.0. The lowest BCUT2D eigenvalue weighted by molar-refractivity contribution is 0.411. The van der Waals surface area contributed by atoms with Gasteiger partial charge in [0.05, 0.1) is 19.0 Å². The molecule has 2 aromatic carbocycles. The molecule has 0 saturated carbocycles. The first kappa shape index (κ1) is 18.8. The number of hydrogen-bond donors (Lipinski definition) is 2. The van der Waals surface area contributed by atoms with E-state index in [9.17, 15) is 4.39 Å². The Kier molecular flexibility index (Phi) is 5.35. The maximum atomic E-state index is 14.0. The van der Waals surface area contributed by atoms with Crippen LogP contribution in [0.1, 0.15) is 5.56 Å². The number of fused-ring (bicyclic) bond motifs is 1. The van der Waals surface area contributed by atoms with Crippen molar-refractivity contribution >= 4 is 16.9 Å². The first-order chi connectivity index (χ1) is 14.2. The van der Waals surface area contributed by atoms with Crippen molar-refractivity contribution in [1.82, 2.24) is 25.1 Å². The Balaban J connectivity index is 1.62. The van der Waals surface area contributed by atoms with Crippen LogP contribution in [0.3, 0.4) is 0 Å². The summed E-state index contributed by atoms with van der Waals surface area (Å²) in [7, 11) is 1.49. The first-order valence-corrected chi connectivity index (χ1v) is 9.22. The van der Waals surface area contributed by atoms with E-state index in [1.54, 1.807) is 10.7 Å². The van der Waals surface area contributed by atoms with Crippen molar-refractivity contribution in [3.05, 3.63) is 66.2 Å². The number of aromatic nitrogens is 4. The van der Waals surface area contributed by atoms with Gasteiger partial charge in [-0.2, -0.15) is 5.10 Å². The fraction of sp³-hybridized carbons (Fsp3) is 0.190. The molecule has 7 nitrogen and oxygen atoms in total. The van der Waals surface area contributed by atoms with E-state index in [1.807, 2.05) is 18.2 Å². The summed E-state index contributed by atoms with van der Waals surface area (Å²) in [5.74, 6) is 0.293. The van der Waals surface area contributed by atoms with Gasteiger partial charge in [0.25, 0.3) is 0 Å². The molecule has 0 unspecified atom stereocenters. The third-order valence-electron chi connectivity index (χ3n) is 4.61. The lowest BCUT2D eigenvalue weighted by atomic mass is 10.1. The summed E-state index contributed by atoms with van der Waals surface area (Å²) in [5, 5.41) is 8.64. The zero-order valence-electron chi connectivity index (χ0n) is 16.0. The normalized spacial score (nSPS) is 11.1. The molecule has 8 heteroatoms. The van der Waals surface area contributed by atoms with E-state index in [2.05, 4.69) is 32.5 Å². The monoisotopic (exact) mass is 392 g/mol. The summed E-state index contributed by atoms with van der Waals surface area (Å²) in [5.41, 5.74) is 9.00. The van der Waals surface area contributed by atoms with Crippen LogP contribution < -0.4 is 15.8 Å². The van der Waals surface area contributed by atoms with Crippen molar-refractivity contribution in [1.29, 1.82) is 0 Å². The van der Waals surface area contributed by atoms with Gasteiger partial charge in [-0.05, 0) is 17.7 Å². The SMILES string of the molecule is COc1cc(F)cc(-c2nn(CCNCc3ccccc3)c3ncnc(N)c23)c1. The molecule has 0 amide bonds. The zero-order chi connectivity index (χ0) is 20.2. The summed E-state index contributed by atoms with van der Waals surface area (Å²) in [6.45, 7) is 2.01. The van der Waals surface area contributed by atoms with Crippen molar-refractivity contribution in [2.45, 2.75) is 13.1 Å². The highest BCUT2D eigenvalue weighted by molar-refractivity contribution is 5.98. The maximum absolute atomic E-state index is 14.0. The molecule has 29 heavy (non-hydrogen) atoms. The highest BCUT2D eigenvalue weighted by Gasteiger charge is 2.18. The number of benzene rings is 2. The maximum Gasteiger partial charge on any atom is 0.164 e. The van der Waals surface area contributed by atoms with Crippen molar-refractivity contribution in [3.63, 3.8) is 0 Å². The molecule has 0 radical (unpaired) electrons. The Morgan fingerprint density at radius 2 is 1.97 bits per heavy atom. The Bertz CT molecular complexity index is 1130. The van der Waals surface area contributed by atoms with Crippen LogP contribution in [-0.2, 0) is 13.1 Å². The quantitative estimate of drug-likeness (QED) is 0.470. The minimum Gasteiger partial charge on any atom is -0.497 e. The smallest absolute Gasteiger partial charge is 0.164 e. The van der Waals surface area contributed by atoms with Crippen LogP contribution in [0.15, 0.2) is 54.9 Å². The van der Waals surface area contributed by atoms with Crippen molar-refractivity contribution in [2.75, 3.05) is 19.4 Å². The van der Waals surface area contributed by atoms with Crippen LogP contribution in [0.25, 0.3) is 22.3 Å². The molecule has 2 aromatic heterocycles. The number of ether oxygens (including phenoxy) is 1. The van der Waals surface area contributed by atoms with E-state index < -0.39 is 5.82 Å². The van der Waals surface area contributed by atoms with Crippen LogP contribution in [-0.4, -0.2) is 33.4 Å². The summed E-state index contributed by atoms with van der Waals surface area (Å²) in [4.78, 5) is 8.43. The molecule has 0 aliphatic heterocycles. The predicted octanol–water partition coefficient (Wildman–Crippen LogP) is 3.01. The lowest BCUT2D eigenvalue weighted by Crippen LogP contribution is -2.20. The molecule has 148 valence electrons. The molecule has 4 aromatic rings. The highest BCUT2D eigenvalue weighted by Crippen LogP contribution is 2.32. The predicted molar refractivity (Wildman–Crippen MR) is 110 cm³/mol. The van der Waals surface area contributed by atoms with E-state index in [4.69, 9.17) is 10.5 Å². The van der Waals surface area contributed by atoms with E-state index >= 15 is 0 Å². The number of nitrogens with one attached hydrogen (secondary N) is 1. The molecule has 2 heterocycles. The van der Waals surface area contributed by atoms with E-state index in [0.29, 0.717) is 46.9 Å². The minimum absolute atomic E-state index is 0.303. The second-order valence-corrected chi connectivity index (χ2v) is 6.57. The molecule has 0 bridgehead atoms. The average Bonchev–Trinajstić information content (AvgIpc) is 3.11. The van der Waals surface area contributed by atoms with Crippen molar-refractivity contribution in [2.24, 2.45) is 0 Å². The third kappa shape index (κ3) is 4.02. The lowest BCUT2D eigenvalue weighted by Gasteiger charge is -2.06. The van der Waals surface area contributed by atoms with Gasteiger partial charge in [0, 0.05) is 24.7 Å². The van der Waals surface area contributed by atoms with Gasteiger partial charge in [0.2, 0.25) is 0 Å². The van der Waals surface area contributed by atoms with Gasteiger partial charge in [0.15, 0.2) is 5.65 Å². The number of nitrogens with zero attached hydrogens (tertiary/aromatic N) is 4. The molecule has 0 fully saturated rings. The Morgan fingerprint density at radius 1 is 1.14 bits per heavy atom. The largest absolute Gasteiger partial charge is 0.497 e. The molecule has 0 aliphatic carbocycles. The molecule has 0 saturated heterocycles. The second kappa shape index (κ2) is 8.24. The van der Waals surface area contributed by atoms with Gasteiger partial charge in [-0.15, -0.1) is 0 Å². The Hall–Kier alpha value is -3.52. The molecule has 4 rings (SSSR count). The average molecular weight is 392 g/mol. The van der Waals surface area contributed by atoms with Gasteiger partial charge in [0.1, 0.15) is 29.4 Å². The van der Waals surface area contributed by atoms with Crippen molar-refractivity contribution < 1.29 is 9.13 Å². The van der Waals surface area contributed by atoms with Crippen LogP contribution >= 0.6 is 0 Å². The zero-order valence-corrected chi connectivity index (χ0v) is 16.0. The molecule has 3 N–H and O–H groups in total. The molecule has 0 spiro atoms. The number of rotatable bonds is 7. The second-order valence-electron chi connectivity index (χ2n) is 6.57. The standard InChI is InChI=1S/C21H21FN6O/c1-29-17-10-15(9-16(22)11-17)19-18-20(23)25-13-26-21(18)28(27-19)8-7-24-12-14-5-3-2-4-6-14/h2-6,9-11,13,24H,7-8,12H2,1H3,(H2,23,25,26). The molecular formula is C21H21FN6O. The summed E-state index contributed by atoms with van der Waals surface area (Å²) >= 11 is 0. The van der Waals surface area contributed by atoms with E-state index in [1.165, 1.54) is 31.1 Å². The summed E-state index contributed by atoms with van der Waals surface area (Å²) in [6.07, 6.45) is 1.41. The Labute approximate surface area is 167 Å². The number of hydrogen-bond acceptors (Lipinski definition) is 6. The minimum atomic E-state index is -0.415. The van der Waals surface area contributed by atoms with Gasteiger partial charge in [-0.1, -0.05) is 30.3 Å². The highest BCUT2D eigenvalue weighted by atomic mass is 19.1. The molecule has 0 atom stereocenters. The topological polar surface area (TPSA) is 90.9 Å². The van der Waals surface area contributed by atoms with E-state index in [0.717, 1.165) is 6.54 Å². The number of nitrogens with two attached hydrogens (primary N) is 1. The fourth-order valence-electron chi connectivity index (χ4n) is 3.22. The number of nitrogen functional groups attached to an aromatic ring is 1. The van der Waals surface area contributed by atoms with Crippen molar-refractivity contribution in [3.8, 4) is 17.0 Å². The number of halogens is 1. The Morgan fingerprint density at radius 3 is 2.76 bits per heavy atom. The van der Waals surface area contributed by atoms with Crippen LogP contribution in [0.4, 0.5) is 10.2 Å². The molecular weight excluding hydrogens is 371 g/mol. The third-order valence-corrected chi connectivity index (χ3v) is 4.61. The van der Waals surface area contributed by atoms with Gasteiger partial charge in [-0.25, -0.2) is 19.0 Å². The van der Waals surface area contributed by atoms with Crippen LogP contribution in [0.5, 0.6) is 5.75 Å². The van der Waals surface area contributed by atoms with Crippen LogP contribution in [0.2, 0.25) is 0 Å². The van der Waals surface area contributed by atoms with Crippen LogP contribution in [0, 0.1) is 5.82 Å². The summed E-state index contributed by atoms with van der Waals surface area (Å²) in [6, 6.07) is 14.6. The van der Waals surface area contributed by atoms with Gasteiger partial charge in [-0.3, -0.25) is 0 Å². The molecule has 0 aliphatic rings. The first-order valence-electron chi connectivity index (χ1n) is 9.22. The van der Waals surface area contributed by atoms with Gasteiger partial charge >= 0.3 is 0 Å². The van der Waals surface area contributed by atoms with E-state index in [-0.39, 0.29) is 0 Å². The number of methoxy groups -OCH3 is 1.